The number of nitrogens with one attached hydrogen (secondary N) is 2. The van der Waals surface area contributed by atoms with Gasteiger partial charge in [0.05, 0.1) is 18.5 Å². The standard InChI is InChI=1S/C23H32N4O2S/c1-16-9-11-27(12-10-16)20(21-8-5-13-30-21)15-25-22(28)14-19(26-23(24)29)18-7-4-3-6-17(18)2/h3-8,13,16,19-20H,9-12,14-15H2,1-2H3,(H,25,28)(H3,24,26,29)/t19-,20-/m0/s1. The van der Waals surface area contributed by atoms with Gasteiger partial charge in [-0.1, -0.05) is 37.3 Å². The predicted octanol–water partition coefficient (Wildman–Crippen LogP) is 3.75. The van der Waals surface area contributed by atoms with Gasteiger partial charge in [0.25, 0.3) is 0 Å². The fourth-order valence-electron chi connectivity index (χ4n) is 4.09. The van der Waals surface area contributed by atoms with Crippen LogP contribution in [0.3, 0.4) is 0 Å². The summed E-state index contributed by atoms with van der Waals surface area (Å²) in [6.45, 7) is 6.93. The Balaban J connectivity index is 1.65. The molecule has 0 saturated carbocycles. The molecule has 2 aromatic rings. The second kappa shape index (κ2) is 10.6. The largest absolute Gasteiger partial charge is 0.354 e. The van der Waals surface area contributed by atoms with Crippen molar-refractivity contribution in [3.05, 3.63) is 57.8 Å². The van der Waals surface area contributed by atoms with Gasteiger partial charge in [0.1, 0.15) is 0 Å². The number of nitrogens with two attached hydrogens (primary N) is 1. The van der Waals surface area contributed by atoms with Crippen molar-refractivity contribution in [2.75, 3.05) is 19.6 Å². The Hall–Kier alpha value is -2.38. The third kappa shape index (κ3) is 6.06. The van der Waals surface area contributed by atoms with Crippen LogP contribution in [0, 0.1) is 12.8 Å². The topological polar surface area (TPSA) is 87.5 Å². The maximum absolute atomic E-state index is 12.8. The zero-order chi connectivity index (χ0) is 21.5. The summed E-state index contributed by atoms with van der Waals surface area (Å²) in [5.74, 6) is 0.665. The minimum absolute atomic E-state index is 0.0936. The summed E-state index contributed by atoms with van der Waals surface area (Å²) in [7, 11) is 0. The molecule has 1 saturated heterocycles. The minimum Gasteiger partial charge on any atom is -0.354 e. The van der Waals surface area contributed by atoms with E-state index in [1.54, 1.807) is 11.3 Å². The number of hydrogen-bond donors (Lipinski definition) is 3. The monoisotopic (exact) mass is 428 g/mol. The Morgan fingerprint density at radius 3 is 2.57 bits per heavy atom. The van der Waals surface area contributed by atoms with Gasteiger partial charge in [-0.3, -0.25) is 9.69 Å². The SMILES string of the molecule is Cc1ccccc1[C@H](CC(=O)NC[C@@H](c1cccs1)N1CCC(C)CC1)NC(N)=O. The lowest BCUT2D eigenvalue weighted by Crippen LogP contribution is -2.42. The van der Waals surface area contributed by atoms with Crippen molar-refractivity contribution >= 4 is 23.3 Å². The van der Waals surface area contributed by atoms with Gasteiger partial charge in [-0.05, 0) is 61.3 Å². The predicted molar refractivity (Wildman–Crippen MR) is 121 cm³/mol. The molecule has 1 aliphatic heterocycles. The van der Waals surface area contributed by atoms with Gasteiger partial charge in [0.2, 0.25) is 5.91 Å². The van der Waals surface area contributed by atoms with Crippen LogP contribution in [0.5, 0.6) is 0 Å². The van der Waals surface area contributed by atoms with Crippen molar-refractivity contribution in [1.29, 1.82) is 0 Å². The van der Waals surface area contributed by atoms with Crippen molar-refractivity contribution < 1.29 is 9.59 Å². The van der Waals surface area contributed by atoms with E-state index < -0.39 is 12.1 Å². The highest BCUT2D eigenvalue weighted by Gasteiger charge is 2.26. The third-order valence-electron chi connectivity index (χ3n) is 5.89. The fourth-order valence-corrected chi connectivity index (χ4v) is 4.95. The lowest BCUT2D eigenvalue weighted by molar-refractivity contribution is -0.121. The van der Waals surface area contributed by atoms with Gasteiger partial charge in [-0.15, -0.1) is 11.3 Å². The summed E-state index contributed by atoms with van der Waals surface area (Å²) >= 11 is 1.73. The summed E-state index contributed by atoms with van der Waals surface area (Å²) in [6, 6.07) is 11.0. The quantitative estimate of drug-likeness (QED) is 0.598. The number of primary amides is 1. The van der Waals surface area contributed by atoms with Crippen LogP contribution in [0.15, 0.2) is 41.8 Å². The van der Waals surface area contributed by atoms with Gasteiger partial charge in [-0.25, -0.2) is 4.79 Å². The van der Waals surface area contributed by atoms with Crippen molar-refractivity contribution in [1.82, 2.24) is 15.5 Å². The Labute approximate surface area is 182 Å². The maximum Gasteiger partial charge on any atom is 0.312 e. The molecule has 0 unspecified atom stereocenters. The lowest BCUT2D eigenvalue weighted by Gasteiger charge is -2.36. The van der Waals surface area contributed by atoms with Crippen molar-refractivity contribution in [3.8, 4) is 0 Å². The fraction of sp³-hybridized carbons (Fsp3) is 0.478. The van der Waals surface area contributed by atoms with Crippen molar-refractivity contribution in [2.24, 2.45) is 11.7 Å². The molecular weight excluding hydrogens is 396 g/mol. The summed E-state index contributed by atoms with van der Waals surface area (Å²) in [5.41, 5.74) is 7.29. The second-order valence-corrected chi connectivity index (χ2v) is 9.15. The van der Waals surface area contributed by atoms with Crippen LogP contribution in [0.1, 0.15) is 54.3 Å². The Morgan fingerprint density at radius 1 is 1.20 bits per heavy atom. The van der Waals surface area contributed by atoms with E-state index >= 15 is 0 Å². The summed E-state index contributed by atoms with van der Waals surface area (Å²) in [5, 5.41) is 7.91. The number of nitrogens with zero attached hydrogens (tertiary/aromatic N) is 1. The van der Waals surface area contributed by atoms with E-state index in [2.05, 4.69) is 40.0 Å². The van der Waals surface area contributed by atoms with Crippen molar-refractivity contribution in [3.63, 3.8) is 0 Å². The normalized spacial score (nSPS) is 17.3. The zero-order valence-electron chi connectivity index (χ0n) is 17.8. The van der Waals surface area contributed by atoms with E-state index in [4.69, 9.17) is 5.73 Å². The summed E-state index contributed by atoms with van der Waals surface area (Å²) in [6.07, 6.45) is 2.53. The molecule has 0 aliphatic carbocycles. The molecule has 3 amide bonds. The van der Waals surface area contributed by atoms with Gasteiger partial charge < -0.3 is 16.4 Å². The average Bonchev–Trinajstić information content (AvgIpc) is 3.23. The van der Waals surface area contributed by atoms with Gasteiger partial charge in [0, 0.05) is 11.4 Å². The van der Waals surface area contributed by atoms with E-state index in [1.165, 1.54) is 17.7 Å². The zero-order valence-corrected chi connectivity index (χ0v) is 18.6. The molecule has 7 heteroatoms. The molecule has 2 atom stereocenters. The smallest absolute Gasteiger partial charge is 0.312 e. The van der Waals surface area contributed by atoms with Crippen LogP contribution in [-0.4, -0.2) is 36.5 Å². The van der Waals surface area contributed by atoms with Crippen LogP contribution in [-0.2, 0) is 4.79 Å². The Kier molecular flexibility index (Phi) is 7.87. The first kappa shape index (κ1) is 22.3. The van der Waals surface area contributed by atoms with Gasteiger partial charge >= 0.3 is 6.03 Å². The van der Waals surface area contributed by atoms with Crippen LogP contribution in [0.4, 0.5) is 4.79 Å². The lowest BCUT2D eigenvalue weighted by atomic mass is 9.97. The number of carbonyl (C=O) groups excluding carboxylic acids is 2. The van der Waals surface area contributed by atoms with Gasteiger partial charge in [-0.2, -0.15) is 0 Å². The highest BCUT2D eigenvalue weighted by Crippen LogP contribution is 2.29. The number of aryl methyl sites for hydroxylation is 1. The number of hydrogen-bond acceptors (Lipinski definition) is 4. The molecule has 30 heavy (non-hydrogen) atoms. The molecule has 162 valence electrons. The number of amides is 3. The van der Waals surface area contributed by atoms with E-state index in [-0.39, 0.29) is 18.4 Å². The minimum atomic E-state index is -0.630. The number of benzene rings is 1. The molecular formula is C23H32N4O2S. The van der Waals surface area contributed by atoms with E-state index in [9.17, 15) is 9.59 Å². The molecule has 0 radical (unpaired) electrons. The Morgan fingerprint density at radius 2 is 1.93 bits per heavy atom. The number of thiophene rings is 1. The first-order valence-corrected chi connectivity index (χ1v) is 11.5. The molecule has 4 N–H and O–H groups in total. The number of piperidine rings is 1. The Bertz CT molecular complexity index is 831. The molecule has 0 bridgehead atoms. The number of urea groups is 1. The van der Waals surface area contributed by atoms with E-state index in [1.807, 2.05) is 31.2 Å². The second-order valence-electron chi connectivity index (χ2n) is 8.18. The van der Waals surface area contributed by atoms with E-state index in [0.717, 1.165) is 30.1 Å². The van der Waals surface area contributed by atoms with E-state index in [0.29, 0.717) is 6.54 Å². The van der Waals surface area contributed by atoms with Crippen LogP contribution in [0.2, 0.25) is 0 Å². The molecule has 1 fully saturated rings. The average molecular weight is 429 g/mol. The molecule has 3 rings (SSSR count). The van der Waals surface area contributed by atoms with Crippen molar-refractivity contribution in [2.45, 2.75) is 45.2 Å². The van der Waals surface area contributed by atoms with Crippen LogP contribution >= 0.6 is 11.3 Å². The first-order valence-electron chi connectivity index (χ1n) is 10.6. The molecule has 1 aromatic heterocycles. The highest BCUT2D eigenvalue weighted by molar-refractivity contribution is 7.10. The number of carbonyl (C=O) groups is 2. The molecule has 0 spiro atoms. The van der Waals surface area contributed by atoms with Gasteiger partial charge in [0.15, 0.2) is 0 Å². The molecule has 1 aromatic carbocycles. The third-order valence-corrected chi connectivity index (χ3v) is 6.87. The molecule has 1 aliphatic rings. The summed E-state index contributed by atoms with van der Waals surface area (Å²) < 4.78 is 0. The highest BCUT2D eigenvalue weighted by atomic mass is 32.1. The van der Waals surface area contributed by atoms with Crippen LogP contribution < -0.4 is 16.4 Å². The first-order chi connectivity index (χ1) is 14.4. The van der Waals surface area contributed by atoms with Crippen LogP contribution in [0.25, 0.3) is 0 Å². The molecule has 2 heterocycles. The number of rotatable bonds is 8. The molecule has 6 nitrogen and oxygen atoms in total. The number of likely N-dealkylation sites (tertiary alicyclic amines) is 1. The summed E-state index contributed by atoms with van der Waals surface area (Å²) in [4.78, 5) is 28.1. The maximum atomic E-state index is 12.8.